The number of likely N-dealkylation sites (tertiary alicyclic amines) is 1. The summed E-state index contributed by atoms with van der Waals surface area (Å²) in [6.45, 7) is 7.37. The van der Waals surface area contributed by atoms with Crippen LogP contribution < -0.4 is 15.4 Å². The lowest BCUT2D eigenvalue weighted by molar-refractivity contribution is -0.253. The summed E-state index contributed by atoms with van der Waals surface area (Å²) in [5, 5.41) is 15.5. The molecule has 3 N–H and O–H groups in total. The minimum Gasteiger partial charge on any atom is -0.459 e. The number of aliphatic hydroxyl groups is 1. The SMILES string of the molecule is CC(C)(C)OC(=O)[C@@H]1CCCN1C[C@H]1C[C@@H](c2ccc(CO)cc2)O[C@@H](c2cccc(-c3cccc(CNC(=O)Nc4ccc(Oc5ccccc5)cc4)c3)c2)O1. The molecule has 0 aliphatic carbocycles. The predicted octanol–water partition coefficient (Wildman–Crippen LogP) is 9.31. The topological polar surface area (TPSA) is 119 Å². The van der Waals surface area contributed by atoms with Gasteiger partial charge >= 0.3 is 12.0 Å². The fourth-order valence-electron chi connectivity index (χ4n) is 7.29. The zero-order valence-electron chi connectivity index (χ0n) is 32.7. The molecule has 4 atom stereocenters. The van der Waals surface area contributed by atoms with Gasteiger partial charge in [0, 0.05) is 30.8 Å². The number of aliphatic hydroxyl groups excluding tert-OH is 1. The van der Waals surface area contributed by atoms with Gasteiger partial charge in [-0.2, -0.15) is 0 Å². The van der Waals surface area contributed by atoms with E-state index in [1.807, 2.05) is 118 Å². The van der Waals surface area contributed by atoms with Crippen LogP contribution in [0.3, 0.4) is 0 Å². The van der Waals surface area contributed by atoms with Crippen LogP contribution in [0, 0.1) is 0 Å². The van der Waals surface area contributed by atoms with Gasteiger partial charge in [-0.3, -0.25) is 9.69 Å². The van der Waals surface area contributed by atoms with Gasteiger partial charge in [-0.05, 0) is 117 Å². The third kappa shape index (κ3) is 10.9. The average molecular weight is 770 g/mol. The maximum Gasteiger partial charge on any atom is 0.323 e. The fraction of sp³-hybridized carbons (Fsp3) is 0.319. The molecule has 0 aromatic heterocycles. The number of urea groups is 1. The molecule has 5 aromatic rings. The van der Waals surface area contributed by atoms with Crippen LogP contribution in [0.25, 0.3) is 11.1 Å². The van der Waals surface area contributed by atoms with Crippen LogP contribution in [0.2, 0.25) is 0 Å². The van der Waals surface area contributed by atoms with Gasteiger partial charge in [-0.15, -0.1) is 0 Å². The minimum atomic E-state index is -0.652. The summed E-state index contributed by atoms with van der Waals surface area (Å²) in [5.41, 5.74) is 5.74. The van der Waals surface area contributed by atoms with E-state index in [0.29, 0.717) is 30.9 Å². The van der Waals surface area contributed by atoms with Crippen molar-refractivity contribution < 1.29 is 33.6 Å². The van der Waals surface area contributed by atoms with E-state index < -0.39 is 11.9 Å². The Hall–Kier alpha value is -5.52. The molecule has 10 heteroatoms. The Balaban J connectivity index is 1.02. The van der Waals surface area contributed by atoms with Crippen molar-refractivity contribution in [1.82, 2.24) is 10.2 Å². The lowest BCUT2D eigenvalue weighted by atomic mass is 9.98. The summed E-state index contributed by atoms with van der Waals surface area (Å²) >= 11 is 0. The van der Waals surface area contributed by atoms with Crippen molar-refractivity contribution in [3.05, 3.63) is 150 Å². The highest BCUT2D eigenvalue weighted by molar-refractivity contribution is 5.89. The number of amides is 2. The van der Waals surface area contributed by atoms with Gasteiger partial charge in [0.05, 0.1) is 18.8 Å². The van der Waals surface area contributed by atoms with E-state index in [2.05, 4.69) is 33.7 Å². The third-order valence-electron chi connectivity index (χ3n) is 10.1. The minimum absolute atomic E-state index is 0.0289. The van der Waals surface area contributed by atoms with E-state index in [1.54, 1.807) is 12.1 Å². The summed E-state index contributed by atoms with van der Waals surface area (Å²) in [6, 6.07) is 40.2. The Kier molecular flexibility index (Phi) is 12.7. The number of carbonyl (C=O) groups excluding carboxylic acids is 2. The van der Waals surface area contributed by atoms with E-state index in [-0.39, 0.29) is 36.9 Å². The number of para-hydroxylation sites is 1. The van der Waals surface area contributed by atoms with Crippen molar-refractivity contribution in [2.24, 2.45) is 0 Å². The van der Waals surface area contributed by atoms with E-state index in [0.717, 1.165) is 58.5 Å². The number of nitrogens with one attached hydrogen (secondary N) is 2. The number of anilines is 1. The Bertz CT molecular complexity index is 2100. The first-order chi connectivity index (χ1) is 27.6. The fourth-order valence-corrected chi connectivity index (χ4v) is 7.29. The number of nitrogens with zero attached hydrogens (tertiary/aromatic N) is 1. The van der Waals surface area contributed by atoms with E-state index in [4.69, 9.17) is 18.9 Å². The van der Waals surface area contributed by atoms with E-state index in [9.17, 15) is 14.7 Å². The van der Waals surface area contributed by atoms with Gasteiger partial charge in [0.1, 0.15) is 23.1 Å². The number of benzene rings is 5. The molecular weight excluding hydrogens is 719 g/mol. The van der Waals surface area contributed by atoms with E-state index in [1.165, 1.54) is 0 Å². The lowest BCUT2D eigenvalue weighted by Crippen LogP contribution is -2.45. The monoisotopic (exact) mass is 769 g/mol. The van der Waals surface area contributed by atoms with Gasteiger partial charge in [-0.25, -0.2) is 4.79 Å². The van der Waals surface area contributed by atoms with Crippen molar-refractivity contribution in [2.45, 2.75) is 83.3 Å². The molecule has 296 valence electrons. The summed E-state index contributed by atoms with van der Waals surface area (Å²) in [6.07, 6.45) is 1.18. The molecular formula is C47H51N3O7. The highest BCUT2D eigenvalue weighted by Crippen LogP contribution is 2.40. The molecule has 5 aromatic carbocycles. The normalized spacial score (nSPS) is 19.8. The van der Waals surface area contributed by atoms with Gasteiger partial charge in [-0.1, -0.05) is 78.9 Å². The highest BCUT2D eigenvalue weighted by Gasteiger charge is 2.39. The standard InChI is InChI=1S/C47H51N3O7/c1-47(2,3)57-44(52)42-16-9-25-50(42)30-41-28-43(34-19-17-32(31-51)18-20-34)56-45(55-41)37-13-8-12-36(27-37)35-11-7-10-33(26-35)29-48-46(53)49-38-21-23-40(24-22-38)54-39-14-5-4-6-15-39/h4-8,10-15,17-24,26-27,41-43,45,51H,9,16,25,28-31H2,1-3H3,(H2,48,49,53)/t41-,42+,43+,45+/m1/s1. The first kappa shape index (κ1) is 39.7. The Morgan fingerprint density at radius 2 is 1.51 bits per heavy atom. The number of carbonyl (C=O) groups is 2. The zero-order valence-corrected chi connectivity index (χ0v) is 32.7. The molecule has 2 fully saturated rings. The average Bonchev–Trinajstić information content (AvgIpc) is 3.69. The molecule has 2 saturated heterocycles. The van der Waals surface area contributed by atoms with Gasteiger partial charge < -0.3 is 34.7 Å². The second-order valence-electron chi connectivity index (χ2n) is 15.6. The van der Waals surface area contributed by atoms with Crippen LogP contribution in [0.1, 0.15) is 74.7 Å². The molecule has 2 amide bonds. The molecule has 0 spiro atoms. The van der Waals surface area contributed by atoms with Crippen molar-refractivity contribution in [1.29, 1.82) is 0 Å². The molecule has 2 heterocycles. The molecule has 2 aliphatic heterocycles. The number of esters is 1. The Labute approximate surface area is 334 Å². The second-order valence-corrected chi connectivity index (χ2v) is 15.6. The highest BCUT2D eigenvalue weighted by atomic mass is 16.7. The summed E-state index contributed by atoms with van der Waals surface area (Å²) in [7, 11) is 0. The van der Waals surface area contributed by atoms with E-state index >= 15 is 0 Å². The van der Waals surface area contributed by atoms with Crippen molar-refractivity contribution >= 4 is 17.7 Å². The number of ether oxygens (including phenoxy) is 4. The number of hydrogen-bond donors (Lipinski definition) is 3. The molecule has 2 aliphatic rings. The second kappa shape index (κ2) is 18.2. The van der Waals surface area contributed by atoms with Crippen LogP contribution >= 0.6 is 0 Å². The third-order valence-corrected chi connectivity index (χ3v) is 10.1. The maximum atomic E-state index is 13.2. The molecule has 57 heavy (non-hydrogen) atoms. The van der Waals surface area contributed by atoms with Crippen LogP contribution in [0.15, 0.2) is 127 Å². The molecule has 10 nitrogen and oxygen atoms in total. The first-order valence-electron chi connectivity index (χ1n) is 19.6. The van der Waals surface area contributed by atoms with Gasteiger partial charge in [0.25, 0.3) is 0 Å². The van der Waals surface area contributed by atoms with Crippen molar-refractivity contribution in [3.8, 4) is 22.6 Å². The first-order valence-corrected chi connectivity index (χ1v) is 19.6. The maximum absolute atomic E-state index is 13.2. The molecule has 0 unspecified atom stereocenters. The Morgan fingerprint density at radius 3 is 2.25 bits per heavy atom. The summed E-state index contributed by atoms with van der Waals surface area (Å²) in [5.74, 6) is 1.23. The molecule has 7 rings (SSSR count). The van der Waals surface area contributed by atoms with Crippen LogP contribution in [-0.2, 0) is 32.2 Å². The van der Waals surface area contributed by atoms with Gasteiger partial charge in [0.15, 0.2) is 6.29 Å². The smallest absolute Gasteiger partial charge is 0.323 e. The summed E-state index contributed by atoms with van der Waals surface area (Å²) < 4.78 is 25.0. The quantitative estimate of drug-likeness (QED) is 0.108. The predicted molar refractivity (Wildman–Crippen MR) is 220 cm³/mol. The zero-order chi connectivity index (χ0) is 39.8. The largest absolute Gasteiger partial charge is 0.459 e. The molecule has 0 bridgehead atoms. The molecule has 0 saturated carbocycles. The van der Waals surface area contributed by atoms with Crippen molar-refractivity contribution in [2.75, 3.05) is 18.4 Å². The van der Waals surface area contributed by atoms with Crippen LogP contribution in [0.5, 0.6) is 11.5 Å². The molecule has 0 radical (unpaired) electrons. The van der Waals surface area contributed by atoms with Crippen LogP contribution in [-0.4, -0.2) is 52.8 Å². The van der Waals surface area contributed by atoms with Crippen LogP contribution in [0.4, 0.5) is 10.5 Å². The number of hydrogen-bond acceptors (Lipinski definition) is 8. The summed E-state index contributed by atoms with van der Waals surface area (Å²) in [4.78, 5) is 28.2. The van der Waals surface area contributed by atoms with Crippen molar-refractivity contribution in [3.63, 3.8) is 0 Å². The number of rotatable bonds is 12. The Morgan fingerprint density at radius 1 is 0.789 bits per heavy atom. The van der Waals surface area contributed by atoms with Gasteiger partial charge in [0.2, 0.25) is 0 Å². The lowest BCUT2D eigenvalue weighted by Gasteiger charge is -2.38.